The van der Waals surface area contributed by atoms with Gasteiger partial charge in [-0.05, 0) is 29.1 Å². The highest BCUT2D eigenvalue weighted by Crippen LogP contribution is 2.35. The lowest BCUT2D eigenvalue weighted by Crippen LogP contribution is -2.02. The Hall–Kier alpha value is -2.73. The number of thiophene rings is 1. The summed E-state index contributed by atoms with van der Waals surface area (Å²) in [4.78, 5) is 22.2. The van der Waals surface area contributed by atoms with Gasteiger partial charge in [-0.25, -0.2) is 4.79 Å². The Balaban J connectivity index is 2.16. The monoisotopic (exact) mass is 299 g/mol. The summed E-state index contributed by atoms with van der Waals surface area (Å²) in [5, 5.41) is 21.1. The molecule has 0 amide bonds. The van der Waals surface area contributed by atoms with E-state index in [0.717, 1.165) is 15.0 Å². The molecule has 0 bridgehead atoms. The second kappa shape index (κ2) is 4.99. The number of nitro groups is 1. The van der Waals surface area contributed by atoms with E-state index >= 15 is 0 Å². The molecular formula is C15H9NO4S. The molecule has 6 heteroatoms. The number of hydrogen-bond acceptors (Lipinski definition) is 4. The van der Waals surface area contributed by atoms with Crippen LogP contribution in [0.3, 0.4) is 0 Å². The molecule has 3 rings (SSSR count). The van der Waals surface area contributed by atoms with E-state index in [0.29, 0.717) is 5.56 Å². The van der Waals surface area contributed by atoms with Crippen LogP contribution >= 0.6 is 11.3 Å². The van der Waals surface area contributed by atoms with Gasteiger partial charge < -0.3 is 5.11 Å². The first-order valence-corrected chi connectivity index (χ1v) is 6.88. The average Bonchev–Trinajstić information content (AvgIpc) is 2.90. The Morgan fingerprint density at radius 2 is 1.90 bits per heavy atom. The fraction of sp³-hybridized carbons (Fsp3) is 0. The van der Waals surface area contributed by atoms with Crippen LogP contribution < -0.4 is 0 Å². The van der Waals surface area contributed by atoms with Gasteiger partial charge in [0.2, 0.25) is 0 Å². The summed E-state index contributed by atoms with van der Waals surface area (Å²) in [6, 6.07) is 13.9. The number of fused-ring (bicyclic) bond motifs is 1. The molecule has 0 aliphatic heterocycles. The first kappa shape index (κ1) is 13.3. The van der Waals surface area contributed by atoms with Crippen molar-refractivity contribution in [1.82, 2.24) is 0 Å². The molecule has 5 nitrogen and oxygen atoms in total. The van der Waals surface area contributed by atoms with Gasteiger partial charge in [0, 0.05) is 15.6 Å². The van der Waals surface area contributed by atoms with Crippen molar-refractivity contribution in [3.8, 4) is 10.4 Å². The smallest absolute Gasteiger partial charge is 0.342 e. The van der Waals surface area contributed by atoms with E-state index < -0.39 is 16.6 Å². The maximum Gasteiger partial charge on any atom is 0.342 e. The zero-order valence-corrected chi connectivity index (χ0v) is 11.5. The highest BCUT2D eigenvalue weighted by atomic mass is 32.1. The van der Waals surface area contributed by atoms with Crippen LogP contribution in [0.4, 0.5) is 5.69 Å². The number of benzene rings is 2. The average molecular weight is 299 g/mol. The molecule has 21 heavy (non-hydrogen) atoms. The molecule has 0 fully saturated rings. The van der Waals surface area contributed by atoms with Crippen molar-refractivity contribution in [3.05, 3.63) is 64.2 Å². The summed E-state index contributed by atoms with van der Waals surface area (Å²) in [7, 11) is 0. The minimum atomic E-state index is -1.30. The standard InChI is InChI=1S/C15H9NO4S/c17-15(18)11-6-5-10(7-12(11)16(19)20)14-8-9-3-1-2-4-13(9)21-14/h1-8H,(H,17,18). The number of nitrogens with zero attached hydrogens (tertiary/aromatic N) is 1. The quantitative estimate of drug-likeness (QED) is 0.581. The minimum absolute atomic E-state index is 0.301. The summed E-state index contributed by atoms with van der Waals surface area (Å²) < 4.78 is 1.08. The third kappa shape index (κ3) is 2.36. The van der Waals surface area contributed by atoms with Crippen LogP contribution in [-0.2, 0) is 0 Å². The lowest BCUT2D eigenvalue weighted by Gasteiger charge is -2.01. The van der Waals surface area contributed by atoms with E-state index in [1.807, 2.05) is 30.3 Å². The van der Waals surface area contributed by atoms with Crippen LogP contribution in [0.5, 0.6) is 0 Å². The number of hydrogen-bond donors (Lipinski definition) is 1. The van der Waals surface area contributed by atoms with Crippen molar-refractivity contribution in [2.45, 2.75) is 0 Å². The Morgan fingerprint density at radius 3 is 2.57 bits per heavy atom. The molecule has 0 spiro atoms. The maximum absolute atomic E-state index is 11.0. The molecule has 0 aliphatic rings. The van der Waals surface area contributed by atoms with Crippen molar-refractivity contribution < 1.29 is 14.8 Å². The molecule has 1 heterocycles. The molecule has 0 atom stereocenters. The third-order valence-electron chi connectivity index (χ3n) is 3.13. The Labute approximate surface area is 123 Å². The number of carboxylic acids is 1. The normalized spacial score (nSPS) is 10.7. The summed E-state index contributed by atoms with van der Waals surface area (Å²) in [6.07, 6.45) is 0. The molecule has 1 aromatic heterocycles. The minimum Gasteiger partial charge on any atom is -0.477 e. The van der Waals surface area contributed by atoms with Gasteiger partial charge >= 0.3 is 5.97 Å². The van der Waals surface area contributed by atoms with Crippen molar-refractivity contribution in [3.63, 3.8) is 0 Å². The van der Waals surface area contributed by atoms with E-state index in [4.69, 9.17) is 5.11 Å². The molecule has 2 aromatic carbocycles. The molecule has 3 aromatic rings. The molecule has 0 aliphatic carbocycles. The molecular weight excluding hydrogens is 290 g/mol. The predicted molar refractivity (Wildman–Crippen MR) is 80.9 cm³/mol. The molecule has 1 N–H and O–H groups in total. The zero-order valence-electron chi connectivity index (χ0n) is 10.6. The van der Waals surface area contributed by atoms with Crippen LogP contribution in [0.1, 0.15) is 10.4 Å². The Morgan fingerprint density at radius 1 is 1.14 bits per heavy atom. The van der Waals surface area contributed by atoms with E-state index in [1.165, 1.54) is 23.5 Å². The number of aromatic carboxylic acids is 1. The van der Waals surface area contributed by atoms with Gasteiger partial charge in [-0.2, -0.15) is 0 Å². The molecule has 0 saturated carbocycles. The van der Waals surface area contributed by atoms with Gasteiger partial charge in [-0.15, -0.1) is 11.3 Å². The number of nitro benzene ring substituents is 1. The summed E-state index contributed by atoms with van der Waals surface area (Å²) in [5.41, 5.74) is -0.0461. The fourth-order valence-electron chi connectivity index (χ4n) is 2.14. The van der Waals surface area contributed by atoms with Gasteiger partial charge in [-0.3, -0.25) is 10.1 Å². The van der Waals surface area contributed by atoms with Gasteiger partial charge in [-0.1, -0.05) is 24.3 Å². The Kier molecular flexibility index (Phi) is 3.15. The predicted octanol–water partition coefficient (Wildman–Crippen LogP) is 4.17. The lowest BCUT2D eigenvalue weighted by atomic mass is 10.1. The summed E-state index contributed by atoms with van der Waals surface area (Å²) in [5.74, 6) is -1.30. The molecule has 0 unspecified atom stereocenters. The summed E-state index contributed by atoms with van der Waals surface area (Å²) >= 11 is 1.52. The fourth-order valence-corrected chi connectivity index (χ4v) is 3.20. The van der Waals surface area contributed by atoms with Gasteiger partial charge in [0.25, 0.3) is 5.69 Å². The zero-order chi connectivity index (χ0) is 15.0. The maximum atomic E-state index is 11.0. The Bertz CT molecular complexity index is 836. The van der Waals surface area contributed by atoms with Gasteiger partial charge in [0.05, 0.1) is 4.92 Å². The van der Waals surface area contributed by atoms with Gasteiger partial charge in [0.15, 0.2) is 0 Å². The van der Waals surface area contributed by atoms with Crippen LogP contribution in [0, 0.1) is 10.1 Å². The van der Waals surface area contributed by atoms with Crippen LogP contribution in [0.25, 0.3) is 20.5 Å². The highest BCUT2D eigenvalue weighted by Gasteiger charge is 2.20. The van der Waals surface area contributed by atoms with E-state index in [9.17, 15) is 14.9 Å². The van der Waals surface area contributed by atoms with E-state index in [-0.39, 0.29) is 5.56 Å². The second-order valence-corrected chi connectivity index (χ2v) is 5.53. The van der Waals surface area contributed by atoms with Crippen LogP contribution in [-0.4, -0.2) is 16.0 Å². The number of rotatable bonds is 3. The van der Waals surface area contributed by atoms with E-state index in [2.05, 4.69) is 0 Å². The first-order chi connectivity index (χ1) is 10.1. The second-order valence-electron chi connectivity index (χ2n) is 4.44. The van der Waals surface area contributed by atoms with Gasteiger partial charge in [0.1, 0.15) is 5.56 Å². The number of carbonyl (C=O) groups is 1. The highest BCUT2D eigenvalue weighted by molar-refractivity contribution is 7.22. The van der Waals surface area contributed by atoms with Crippen molar-refractivity contribution in [2.24, 2.45) is 0 Å². The first-order valence-electron chi connectivity index (χ1n) is 6.07. The van der Waals surface area contributed by atoms with Crippen LogP contribution in [0.2, 0.25) is 0 Å². The van der Waals surface area contributed by atoms with Crippen molar-refractivity contribution in [2.75, 3.05) is 0 Å². The van der Waals surface area contributed by atoms with E-state index in [1.54, 1.807) is 6.07 Å². The third-order valence-corrected chi connectivity index (χ3v) is 4.30. The van der Waals surface area contributed by atoms with Crippen LogP contribution in [0.15, 0.2) is 48.5 Å². The largest absolute Gasteiger partial charge is 0.477 e. The van der Waals surface area contributed by atoms with Crippen molar-refractivity contribution in [1.29, 1.82) is 0 Å². The summed E-state index contributed by atoms with van der Waals surface area (Å²) in [6.45, 7) is 0. The molecule has 0 radical (unpaired) electrons. The topological polar surface area (TPSA) is 80.4 Å². The molecule has 104 valence electrons. The number of carboxylic acid groups (broad SMARTS) is 1. The van der Waals surface area contributed by atoms with Crippen molar-refractivity contribution >= 4 is 33.1 Å². The SMILES string of the molecule is O=C(O)c1ccc(-c2cc3ccccc3s2)cc1[N+](=O)[O-]. The lowest BCUT2D eigenvalue weighted by molar-refractivity contribution is -0.385. The molecule has 0 saturated heterocycles.